The summed E-state index contributed by atoms with van der Waals surface area (Å²) < 4.78 is 49.4. The third kappa shape index (κ3) is 6.94. The lowest BCUT2D eigenvalue weighted by Crippen LogP contribution is -2.85. The molecule has 0 saturated carbocycles. The second-order valence-corrected chi connectivity index (χ2v) is 8.00. The van der Waals surface area contributed by atoms with Gasteiger partial charge in [0.25, 0.3) is 0 Å². The molecular formula is C22H29F3NO3+. The molecule has 160 valence electrons. The number of hydrogen-bond acceptors (Lipinski definition) is 3. The Morgan fingerprint density at radius 3 is 2.41 bits per heavy atom. The van der Waals surface area contributed by atoms with E-state index in [9.17, 15) is 18.3 Å². The summed E-state index contributed by atoms with van der Waals surface area (Å²) in [6, 6.07) is 10.8. The highest BCUT2D eigenvalue weighted by molar-refractivity contribution is 5.44. The number of rotatable bonds is 8. The Kier molecular flexibility index (Phi) is 7.54. The van der Waals surface area contributed by atoms with Crippen LogP contribution >= 0.6 is 0 Å². The van der Waals surface area contributed by atoms with Crippen molar-refractivity contribution >= 4 is 0 Å². The van der Waals surface area contributed by atoms with Gasteiger partial charge in [0, 0.05) is 11.1 Å². The van der Waals surface area contributed by atoms with Crippen molar-refractivity contribution in [3.8, 4) is 11.5 Å². The molecule has 2 aromatic carbocycles. The predicted molar refractivity (Wildman–Crippen MR) is 105 cm³/mol. The molecule has 3 N–H and O–H groups in total. The average molecular weight is 412 g/mol. The normalized spacial score (nSPS) is 13.2. The highest BCUT2D eigenvalue weighted by Crippen LogP contribution is 2.34. The molecule has 2 aromatic rings. The summed E-state index contributed by atoms with van der Waals surface area (Å²) in [6.45, 7) is 6.94. The molecule has 0 fully saturated rings. The van der Waals surface area contributed by atoms with Crippen molar-refractivity contribution in [2.24, 2.45) is 0 Å². The number of alkyl halides is 3. The Bertz CT molecular complexity index is 801. The first-order valence-electron chi connectivity index (χ1n) is 9.48. The monoisotopic (exact) mass is 412 g/mol. The smallest absolute Gasteiger partial charge is 0.416 e. The van der Waals surface area contributed by atoms with Gasteiger partial charge in [-0.05, 0) is 35.7 Å². The zero-order valence-electron chi connectivity index (χ0n) is 17.2. The Morgan fingerprint density at radius 1 is 1.07 bits per heavy atom. The van der Waals surface area contributed by atoms with Crippen LogP contribution in [0.4, 0.5) is 13.2 Å². The molecule has 0 radical (unpaired) electrons. The lowest BCUT2D eigenvalue weighted by Gasteiger charge is -2.24. The second-order valence-electron chi connectivity index (χ2n) is 8.00. The first-order valence-corrected chi connectivity index (χ1v) is 9.48. The standard InChI is InChI=1S/C22H28F3NO3/c1-21(2,3)19-11-18(28-4)8-9-20(19)29-14-17(27)13-26-12-15-6-5-7-16(10-15)22(23,24)25/h5-11,17,26-27H,12-14H2,1-4H3/p+1/t17-/m0/s1. The van der Waals surface area contributed by atoms with Gasteiger partial charge >= 0.3 is 6.18 Å². The minimum absolute atomic E-state index is 0.0918. The van der Waals surface area contributed by atoms with Crippen molar-refractivity contribution in [2.45, 2.75) is 45.0 Å². The van der Waals surface area contributed by atoms with E-state index in [2.05, 4.69) is 20.8 Å². The zero-order valence-corrected chi connectivity index (χ0v) is 17.2. The lowest BCUT2D eigenvalue weighted by molar-refractivity contribution is -0.676. The van der Waals surface area contributed by atoms with Crippen molar-refractivity contribution in [1.82, 2.24) is 0 Å². The molecule has 0 unspecified atom stereocenters. The summed E-state index contributed by atoms with van der Waals surface area (Å²) in [4.78, 5) is 0. The maximum absolute atomic E-state index is 12.8. The molecular weight excluding hydrogens is 383 g/mol. The van der Waals surface area contributed by atoms with Crippen molar-refractivity contribution in [1.29, 1.82) is 0 Å². The molecule has 0 aliphatic heterocycles. The first-order chi connectivity index (χ1) is 13.5. The molecule has 29 heavy (non-hydrogen) atoms. The number of methoxy groups -OCH3 is 1. The van der Waals surface area contributed by atoms with Crippen LogP contribution in [0.5, 0.6) is 11.5 Å². The SMILES string of the molecule is COc1ccc(OC[C@@H](O)C[NH2+]Cc2cccc(C(F)(F)F)c2)c(C(C)(C)C)c1. The van der Waals surface area contributed by atoms with Crippen LogP contribution in [-0.2, 0) is 18.1 Å². The summed E-state index contributed by atoms with van der Waals surface area (Å²) in [7, 11) is 1.60. The summed E-state index contributed by atoms with van der Waals surface area (Å²) in [5, 5.41) is 12.0. The van der Waals surface area contributed by atoms with Gasteiger partial charge in [-0.3, -0.25) is 0 Å². The number of quaternary nitrogens is 1. The van der Waals surface area contributed by atoms with Crippen molar-refractivity contribution in [3.05, 3.63) is 59.2 Å². The van der Waals surface area contributed by atoms with Gasteiger partial charge in [-0.25, -0.2) is 0 Å². The maximum Gasteiger partial charge on any atom is 0.416 e. The predicted octanol–water partition coefficient (Wildman–Crippen LogP) is 3.51. The summed E-state index contributed by atoms with van der Waals surface area (Å²) in [6.07, 6.45) is -5.11. The molecule has 0 aliphatic rings. The Hall–Kier alpha value is -2.25. The van der Waals surface area contributed by atoms with Gasteiger partial charge in [-0.2, -0.15) is 13.2 Å². The Balaban J connectivity index is 1.89. The number of nitrogens with two attached hydrogens (primary N) is 1. The maximum atomic E-state index is 12.8. The molecule has 4 nitrogen and oxygen atoms in total. The van der Waals surface area contributed by atoms with Gasteiger partial charge in [-0.15, -0.1) is 0 Å². The topological polar surface area (TPSA) is 55.3 Å². The first kappa shape index (κ1) is 23.0. The van der Waals surface area contributed by atoms with Gasteiger partial charge in [0.1, 0.15) is 37.3 Å². The summed E-state index contributed by atoms with van der Waals surface area (Å²) in [5.41, 5.74) is 0.696. The number of aliphatic hydroxyl groups is 1. The molecule has 2 rings (SSSR count). The molecule has 7 heteroatoms. The minimum Gasteiger partial charge on any atom is -0.497 e. The Labute approximate surface area is 169 Å². The van der Waals surface area contributed by atoms with Crippen LogP contribution in [0.2, 0.25) is 0 Å². The number of aliphatic hydroxyl groups excluding tert-OH is 1. The zero-order chi connectivity index (χ0) is 21.7. The molecule has 0 bridgehead atoms. The summed E-state index contributed by atoms with van der Waals surface area (Å²) >= 11 is 0. The van der Waals surface area contributed by atoms with Gasteiger partial charge in [0.05, 0.1) is 12.7 Å². The third-order valence-corrected chi connectivity index (χ3v) is 4.50. The van der Waals surface area contributed by atoms with E-state index < -0.39 is 17.8 Å². The quantitative estimate of drug-likeness (QED) is 0.698. The number of hydrogen-bond donors (Lipinski definition) is 2. The molecule has 0 amide bonds. The number of halogens is 3. The van der Waals surface area contributed by atoms with Crippen LogP contribution < -0.4 is 14.8 Å². The van der Waals surface area contributed by atoms with Crippen LogP contribution in [0.1, 0.15) is 37.5 Å². The van der Waals surface area contributed by atoms with E-state index >= 15 is 0 Å². The van der Waals surface area contributed by atoms with Crippen LogP contribution in [0.15, 0.2) is 42.5 Å². The lowest BCUT2D eigenvalue weighted by atomic mass is 9.86. The third-order valence-electron chi connectivity index (χ3n) is 4.50. The fourth-order valence-corrected chi connectivity index (χ4v) is 2.92. The molecule has 0 aromatic heterocycles. The fourth-order valence-electron chi connectivity index (χ4n) is 2.92. The van der Waals surface area contributed by atoms with E-state index in [1.165, 1.54) is 6.07 Å². The van der Waals surface area contributed by atoms with Crippen molar-refractivity contribution in [3.63, 3.8) is 0 Å². The molecule has 0 spiro atoms. The van der Waals surface area contributed by atoms with Gasteiger partial charge < -0.3 is 19.9 Å². The van der Waals surface area contributed by atoms with E-state index in [1.54, 1.807) is 24.6 Å². The van der Waals surface area contributed by atoms with Crippen molar-refractivity contribution in [2.75, 3.05) is 20.3 Å². The minimum atomic E-state index is -4.35. The van der Waals surface area contributed by atoms with E-state index in [0.29, 0.717) is 24.4 Å². The molecule has 0 aliphatic carbocycles. The van der Waals surface area contributed by atoms with Crippen LogP contribution in [0, 0.1) is 0 Å². The van der Waals surface area contributed by atoms with E-state index in [-0.39, 0.29) is 12.0 Å². The summed E-state index contributed by atoms with van der Waals surface area (Å²) in [5.74, 6) is 1.41. The average Bonchev–Trinajstić information content (AvgIpc) is 2.65. The largest absolute Gasteiger partial charge is 0.497 e. The van der Waals surface area contributed by atoms with Gasteiger partial charge in [0.2, 0.25) is 0 Å². The second kappa shape index (κ2) is 9.50. The highest BCUT2D eigenvalue weighted by atomic mass is 19.4. The van der Waals surface area contributed by atoms with Gasteiger partial charge in [-0.1, -0.05) is 32.9 Å². The Morgan fingerprint density at radius 2 is 1.79 bits per heavy atom. The highest BCUT2D eigenvalue weighted by Gasteiger charge is 2.30. The van der Waals surface area contributed by atoms with Crippen LogP contribution in [-0.4, -0.2) is 31.5 Å². The van der Waals surface area contributed by atoms with E-state index in [0.717, 1.165) is 23.4 Å². The van der Waals surface area contributed by atoms with Crippen molar-refractivity contribution < 1.29 is 33.1 Å². The van der Waals surface area contributed by atoms with Crippen LogP contribution in [0.3, 0.4) is 0 Å². The number of ether oxygens (including phenoxy) is 2. The van der Waals surface area contributed by atoms with E-state index in [1.807, 2.05) is 12.1 Å². The van der Waals surface area contributed by atoms with E-state index in [4.69, 9.17) is 9.47 Å². The molecule has 1 atom stereocenters. The fraction of sp³-hybridized carbons (Fsp3) is 0.455. The number of benzene rings is 2. The van der Waals surface area contributed by atoms with Gasteiger partial charge in [0.15, 0.2) is 0 Å². The molecule has 0 saturated heterocycles. The molecule has 0 heterocycles. The van der Waals surface area contributed by atoms with Crippen LogP contribution in [0.25, 0.3) is 0 Å².